The molecule has 8 nitrogen and oxygen atoms in total. The summed E-state index contributed by atoms with van der Waals surface area (Å²) in [4.78, 5) is 26.9. The second-order valence-electron chi connectivity index (χ2n) is 12.8. The fourth-order valence-corrected chi connectivity index (χ4v) is 6.38. The molecule has 48 heavy (non-hydrogen) atoms. The van der Waals surface area contributed by atoms with Crippen LogP contribution in [0.15, 0.2) is 54.6 Å². The average Bonchev–Trinajstić information content (AvgIpc) is 3.78. The van der Waals surface area contributed by atoms with E-state index >= 15 is 0 Å². The number of carbonyl (C=O) groups excluding carboxylic acids is 1. The van der Waals surface area contributed by atoms with Gasteiger partial charge in [-0.1, -0.05) is 87.6 Å². The summed E-state index contributed by atoms with van der Waals surface area (Å²) in [7, 11) is 0. The van der Waals surface area contributed by atoms with Gasteiger partial charge in [-0.05, 0) is 73.6 Å². The van der Waals surface area contributed by atoms with E-state index in [2.05, 4.69) is 23.1 Å². The van der Waals surface area contributed by atoms with Gasteiger partial charge in [0.1, 0.15) is 5.75 Å². The minimum Gasteiger partial charge on any atom is -0.484 e. The maximum atomic E-state index is 12.4. The van der Waals surface area contributed by atoms with Gasteiger partial charge in [0.25, 0.3) is 5.91 Å². The molecule has 1 unspecified atom stereocenters. The number of amides is 1. The Morgan fingerprint density at radius 2 is 1.48 bits per heavy atom. The van der Waals surface area contributed by atoms with E-state index in [9.17, 15) is 9.59 Å². The first-order valence-electron chi connectivity index (χ1n) is 17.6. The molecule has 0 spiro atoms. The van der Waals surface area contributed by atoms with Crippen molar-refractivity contribution < 1.29 is 28.9 Å². The molecule has 0 saturated carbocycles. The van der Waals surface area contributed by atoms with Crippen LogP contribution in [0.2, 0.25) is 5.02 Å². The summed E-state index contributed by atoms with van der Waals surface area (Å²) >= 11 is 5.85. The molecule has 2 heterocycles. The number of carbonyl (C=O) groups is 2. The summed E-state index contributed by atoms with van der Waals surface area (Å²) in [6, 6.07) is 13.1. The van der Waals surface area contributed by atoms with E-state index in [1.54, 1.807) is 24.3 Å². The van der Waals surface area contributed by atoms with Crippen molar-refractivity contribution in [3.05, 3.63) is 65.2 Å². The van der Waals surface area contributed by atoms with Crippen LogP contribution in [0.4, 0.5) is 0 Å². The van der Waals surface area contributed by atoms with Crippen LogP contribution in [0.3, 0.4) is 0 Å². The summed E-state index contributed by atoms with van der Waals surface area (Å²) in [5.41, 5.74) is 1.19. The van der Waals surface area contributed by atoms with Gasteiger partial charge in [0.15, 0.2) is 18.1 Å². The number of hydrogen-bond acceptors (Lipinski definition) is 6. The Balaban J connectivity index is 0.000000268. The highest BCUT2D eigenvalue weighted by Crippen LogP contribution is 2.33. The number of allylic oxidation sites excluding steroid dienone is 2. The molecule has 2 aliphatic heterocycles. The first-order valence-corrected chi connectivity index (χ1v) is 18.0. The molecular formula is C38H54Cl2N2O6. The first kappa shape index (κ1) is 39.5. The quantitative estimate of drug-likeness (QED) is 0.122. The van der Waals surface area contributed by atoms with Gasteiger partial charge in [-0.25, -0.2) is 0 Å². The Bertz CT molecular complexity index is 1250. The average molecular weight is 706 g/mol. The standard InChI is InChI=1S/C20H21ClN2O4.C18H32O2.ClH/c21-16-2-4-17(5-3-16)25-13-20(24)23-9-7-22(8-10-23)12-15-1-6-18-19(11-15)27-14-26-18;19-18(20)16-10-8-6-4-2-1-3-5-7-9-13-17-14-11-12-15-17;/h1-6,11H,7-10,12-14H2;11,14,17H,1-10,12-13,15-16H2,(H,19,20);1H. The number of carboxylic acids is 1. The van der Waals surface area contributed by atoms with Crippen LogP contribution in [0, 0.1) is 5.92 Å². The predicted octanol–water partition coefficient (Wildman–Crippen LogP) is 8.93. The molecule has 1 atom stereocenters. The molecule has 0 aromatic heterocycles. The molecule has 0 radical (unpaired) electrons. The van der Waals surface area contributed by atoms with Gasteiger partial charge < -0.3 is 24.2 Å². The molecular weight excluding hydrogens is 651 g/mol. The van der Waals surface area contributed by atoms with Crippen LogP contribution in [0.5, 0.6) is 17.2 Å². The minimum atomic E-state index is -0.655. The molecule has 5 rings (SSSR count). The summed E-state index contributed by atoms with van der Waals surface area (Å²) in [6.07, 6.45) is 21.9. The molecule has 3 aliphatic rings. The van der Waals surface area contributed by atoms with Gasteiger partial charge in [0.05, 0.1) is 0 Å². The summed E-state index contributed by atoms with van der Waals surface area (Å²) in [5, 5.41) is 9.17. The topological polar surface area (TPSA) is 88.5 Å². The number of piperazine rings is 1. The van der Waals surface area contributed by atoms with E-state index in [1.165, 1.54) is 76.2 Å². The van der Waals surface area contributed by atoms with Crippen molar-refractivity contribution in [3.63, 3.8) is 0 Å². The zero-order valence-corrected chi connectivity index (χ0v) is 29.9. The highest BCUT2D eigenvalue weighted by molar-refractivity contribution is 6.30. The number of ether oxygens (including phenoxy) is 3. The highest BCUT2D eigenvalue weighted by Gasteiger charge is 2.22. The van der Waals surface area contributed by atoms with Gasteiger partial charge in [-0.3, -0.25) is 14.5 Å². The maximum absolute atomic E-state index is 12.4. The number of carboxylic acid groups (broad SMARTS) is 1. The van der Waals surface area contributed by atoms with E-state index in [1.807, 2.05) is 17.0 Å². The van der Waals surface area contributed by atoms with Gasteiger partial charge in [0.2, 0.25) is 6.79 Å². The first-order chi connectivity index (χ1) is 23.0. The zero-order valence-electron chi connectivity index (χ0n) is 28.3. The Kier molecular flexibility index (Phi) is 18.6. The lowest BCUT2D eigenvalue weighted by atomic mass is 9.99. The van der Waals surface area contributed by atoms with E-state index in [0.717, 1.165) is 49.9 Å². The summed E-state index contributed by atoms with van der Waals surface area (Å²) in [5.74, 6) is 2.50. The smallest absolute Gasteiger partial charge is 0.303 e. The van der Waals surface area contributed by atoms with Crippen molar-refractivity contribution in [2.45, 2.75) is 96.4 Å². The second-order valence-corrected chi connectivity index (χ2v) is 13.3. The number of nitrogens with zero attached hydrogens (tertiary/aromatic N) is 2. The lowest BCUT2D eigenvalue weighted by Gasteiger charge is -2.34. The Hall–Kier alpha value is -2.94. The molecule has 1 fully saturated rings. The fourth-order valence-electron chi connectivity index (χ4n) is 6.25. The molecule has 0 bridgehead atoms. The van der Waals surface area contributed by atoms with Crippen LogP contribution in [0.1, 0.15) is 95.5 Å². The number of hydrogen-bond donors (Lipinski definition) is 1. The number of benzene rings is 2. The molecule has 1 amide bonds. The largest absolute Gasteiger partial charge is 0.484 e. The van der Waals surface area contributed by atoms with Crippen molar-refractivity contribution >= 4 is 35.9 Å². The minimum absolute atomic E-state index is 0. The second kappa shape index (κ2) is 22.6. The molecule has 1 N–H and O–H groups in total. The van der Waals surface area contributed by atoms with Crippen molar-refractivity contribution in [2.75, 3.05) is 39.6 Å². The van der Waals surface area contributed by atoms with Crippen LogP contribution < -0.4 is 14.2 Å². The highest BCUT2D eigenvalue weighted by atomic mass is 35.5. The fraction of sp³-hybridized carbons (Fsp3) is 0.579. The van der Waals surface area contributed by atoms with Crippen LogP contribution >= 0.6 is 24.0 Å². The van der Waals surface area contributed by atoms with Crippen molar-refractivity contribution in [2.24, 2.45) is 5.92 Å². The molecule has 1 aliphatic carbocycles. The zero-order chi connectivity index (χ0) is 33.1. The third-order valence-corrected chi connectivity index (χ3v) is 9.32. The van der Waals surface area contributed by atoms with E-state index in [-0.39, 0.29) is 31.7 Å². The Morgan fingerprint density at radius 1 is 0.833 bits per heavy atom. The lowest BCUT2D eigenvalue weighted by molar-refractivity contribution is -0.137. The number of unbranched alkanes of at least 4 members (excludes halogenated alkanes) is 9. The van der Waals surface area contributed by atoms with Gasteiger partial charge >= 0.3 is 5.97 Å². The van der Waals surface area contributed by atoms with Crippen molar-refractivity contribution in [1.29, 1.82) is 0 Å². The molecule has 266 valence electrons. The number of fused-ring (bicyclic) bond motifs is 1. The van der Waals surface area contributed by atoms with Gasteiger partial charge in [-0.2, -0.15) is 0 Å². The number of halogens is 2. The lowest BCUT2D eigenvalue weighted by Crippen LogP contribution is -2.49. The molecule has 10 heteroatoms. The van der Waals surface area contributed by atoms with E-state index < -0.39 is 5.97 Å². The SMILES string of the molecule is Cl.O=C(COc1ccc(Cl)cc1)N1CCN(Cc2ccc3c(c2)OCO3)CC1.O=C(O)CCCCCCCCCCCCC1C=CCC1. The third-order valence-electron chi connectivity index (χ3n) is 9.07. The van der Waals surface area contributed by atoms with Crippen molar-refractivity contribution in [3.8, 4) is 17.2 Å². The van der Waals surface area contributed by atoms with Gasteiger partial charge in [0, 0.05) is 44.2 Å². The third kappa shape index (κ3) is 15.1. The van der Waals surface area contributed by atoms with Crippen LogP contribution in [-0.4, -0.2) is 66.4 Å². The van der Waals surface area contributed by atoms with Gasteiger partial charge in [-0.15, -0.1) is 12.4 Å². The Morgan fingerprint density at radius 3 is 2.12 bits per heavy atom. The predicted molar refractivity (Wildman–Crippen MR) is 194 cm³/mol. The summed E-state index contributed by atoms with van der Waals surface area (Å²) < 4.78 is 16.3. The monoisotopic (exact) mass is 704 g/mol. The van der Waals surface area contributed by atoms with Crippen LogP contribution in [-0.2, 0) is 16.1 Å². The number of rotatable bonds is 18. The van der Waals surface area contributed by atoms with Crippen LogP contribution in [0.25, 0.3) is 0 Å². The number of aliphatic carboxylic acids is 1. The van der Waals surface area contributed by atoms with E-state index in [0.29, 0.717) is 30.3 Å². The molecule has 2 aromatic carbocycles. The normalized spacial score (nSPS) is 16.6. The maximum Gasteiger partial charge on any atom is 0.303 e. The Labute approximate surface area is 298 Å². The van der Waals surface area contributed by atoms with Crippen molar-refractivity contribution in [1.82, 2.24) is 9.80 Å². The summed E-state index contributed by atoms with van der Waals surface area (Å²) in [6.45, 7) is 4.24. The molecule has 1 saturated heterocycles. The molecule has 2 aromatic rings. The van der Waals surface area contributed by atoms with E-state index in [4.69, 9.17) is 30.9 Å².